The highest BCUT2D eigenvalue weighted by molar-refractivity contribution is 7.80. The molecule has 0 spiro atoms. The molecule has 1 unspecified atom stereocenters. The van der Waals surface area contributed by atoms with Crippen molar-refractivity contribution in [1.82, 2.24) is 4.90 Å². The van der Waals surface area contributed by atoms with E-state index in [1.807, 2.05) is 38.1 Å². The molecule has 1 fully saturated rings. The fourth-order valence-electron chi connectivity index (χ4n) is 3.83. The second-order valence-corrected chi connectivity index (χ2v) is 7.64. The number of rotatable bonds is 7. The zero-order valence-electron chi connectivity index (χ0n) is 18.0. The Morgan fingerprint density at radius 2 is 1.69 bits per heavy atom. The van der Waals surface area contributed by atoms with Crippen molar-refractivity contribution in [2.24, 2.45) is 5.92 Å². The Bertz CT molecular complexity index is 730. The normalized spacial score (nSPS) is 15.9. The first-order valence-electron chi connectivity index (χ1n) is 10.5. The molecule has 29 heavy (non-hydrogen) atoms. The number of thiol groups is 1. The molecule has 2 aromatic rings. The molecule has 1 aliphatic heterocycles. The Morgan fingerprint density at radius 1 is 1.03 bits per heavy atom. The van der Waals surface area contributed by atoms with Gasteiger partial charge in [-0.15, -0.1) is 0 Å². The van der Waals surface area contributed by atoms with Gasteiger partial charge in [0.05, 0.1) is 14.2 Å². The first-order chi connectivity index (χ1) is 14.1. The molecule has 160 valence electrons. The minimum absolute atomic E-state index is 0.134. The van der Waals surface area contributed by atoms with Gasteiger partial charge in [0, 0.05) is 17.4 Å². The highest BCUT2D eigenvalue weighted by Crippen LogP contribution is 2.43. The van der Waals surface area contributed by atoms with Crippen LogP contribution in [0.4, 0.5) is 4.39 Å². The molecule has 0 radical (unpaired) electrons. The van der Waals surface area contributed by atoms with E-state index in [-0.39, 0.29) is 11.1 Å². The van der Waals surface area contributed by atoms with Crippen molar-refractivity contribution in [3.05, 3.63) is 59.4 Å². The summed E-state index contributed by atoms with van der Waals surface area (Å²) in [5, 5.41) is 0.134. The second kappa shape index (κ2) is 12.1. The molecule has 0 aromatic heterocycles. The van der Waals surface area contributed by atoms with Gasteiger partial charge in [-0.25, -0.2) is 4.39 Å². The first-order valence-corrected chi connectivity index (χ1v) is 11.0. The lowest BCUT2D eigenvalue weighted by Gasteiger charge is -2.35. The number of halogens is 1. The average molecular weight is 420 g/mol. The predicted octanol–water partition coefficient (Wildman–Crippen LogP) is 5.79. The van der Waals surface area contributed by atoms with Crippen molar-refractivity contribution < 1.29 is 13.9 Å². The maximum atomic E-state index is 13.0. The topological polar surface area (TPSA) is 21.7 Å². The van der Waals surface area contributed by atoms with Crippen LogP contribution in [0.25, 0.3) is 0 Å². The molecule has 2 aromatic carbocycles. The van der Waals surface area contributed by atoms with Gasteiger partial charge in [0.25, 0.3) is 0 Å². The number of para-hydroxylation sites is 1. The van der Waals surface area contributed by atoms with E-state index in [1.54, 1.807) is 14.2 Å². The number of methoxy groups -OCH3 is 2. The molecule has 0 bridgehead atoms. The van der Waals surface area contributed by atoms with E-state index in [9.17, 15) is 4.39 Å². The number of benzene rings is 2. The van der Waals surface area contributed by atoms with Crippen LogP contribution in [0.1, 0.15) is 43.1 Å². The van der Waals surface area contributed by atoms with Crippen molar-refractivity contribution in [3.8, 4) is 11.5 Å². The van der Waals surface area contributed by atoms with Crippen LogP contribution in [0.3, 0.4) is 0 Å². The van der Waals surface area contributed by atoms with Gasteiger partial charge in [0.2, 0.25) is 0 Å². The molecule has 3 nitrogen and oxygen atoms in total. The van der Waals surface area contributed by atoms with Gasteiger partial charge in [0.15, 0.2) is 11.5 Å². The first kappa shape index (κ1) is 23.6. The van der Waals surface area contributed by atoms with Gasteiger partial charge < -0.3 is 14.4 Å². The number of ether oxygens (including phenoxy) is 2. The molecule has 1 saturated heterocycles. The Balaban J connectivity index is 0.00000145. The molecule has 0 aliphatic carbocycles. The maximum Gasteiger partial charge on any atom is 0.165 e. The van der Waals surface area contributed by atoms with Gasteiger partial charge in [0.1, 0.15) is 5.82 Å². The summed E-state index contributed by atoms with van der Waals surface area (Å²) >= 11 is 4.93. The Labute approximate surface area is 180 Å². The van der Waals surface area contributed by atoms with Crippen molar-refractivity contribution in [2.45, 2.75) is 38.4 Å². The van der Waals surface area contributed by atoms with Crippen molar-refractivity contribution in [2.75, 3.05) is 33.9 Å². The van der Waals surface area contributed by atoms with Crippen LogP contribution in [0.2, 0.25) is 0 Å². The molecule has 1 heterocycles. The summed E-state index contributed by atoms with van der Waals surface area (Å²) in [6.45, 7) is 7.14. The number of piperidine rings is 1. The molecular formula is C24H34FNO2S. The van der Waals surface area contributed by atoms with E-state index in [0.717, 1.165) is 56.0 Å². The van der Waals surface area contributed by atoms with Crippen LogP contribution in [-0.2, 0) is 6.42 Å². The lowest BCUT2D eigenvalue weighted by atomic mass is 9.89. The lowest BCUT2D eigenvalue weighted by molar-refractivity contribution is 0.184. The third-order valence-corrected chi connectivity index (χ3v) is 6.16. The van der Waals surface area contributed by atoms with Gasteiger partial charge in [-0.3, -0.25) is 0 Å². The van der Waals surface area contributed by atoms with Crippen LogP contribution in [0, 0.1) is 11.7 Å². The minimum Gasteiger partial charge on any atom is -0.493 e. The third kappa shape index (κ3) is 6.38. The van der Waals surface area contributed by atoms with Crippen molar-refractivity contribution >= 4 is 12.6 Å². The Hall–Kier alpha value is -1.72. The van der Waals surface area contributed by atoms with Gasteiger partial charge in [-0.05, 0) is 62.0 Å². The van der Waals surface area contributed by atoms with E-state index in [2.05, 4.69) is 11.0 Å². The smallest absolute Gasteiger partial charge is 0.165 e. The Kier molecular flexibility index (Phi) is 9.82. The highest BCUT2D eigenvalue weighted by atomic mass is 32.1. The molecular weight excluding hydrogens is 385 g/mol. The minimum atomic E-state index is -0.174. The van der Waals surface area contributed by atoms with Gasteiger partial charge in [-0.1, -0.05) is 38.1 Å². The van der Waals surface area contributed by atoms with Crippen LogP contribution < -0.4 is 9.47 Å². The molecule has 1 atom stereocenters. The summed E-state index contributed by atoms with van der Waals surface area (Å²) in [4.78, 5) is 2.49. The van der Waals surface area contributed by atoms with E-state index < -0.39 is 0 Å². The summed E-state index contributed by atoms with van der Waals surface area (Å²) in [5.41, 5.74) is 2.29. The molecule has 5 heteroatoms. The third-order valence-electron chi connectivity index (χ3n) is 5.46. The van der Waals surface area contributed by atoms with Crippen LogP contribution in [0.15, 0.2) is 42.5 Å². The van der Waals surface area contributed by atoms with Crippen LogP contribution in [-0.4, -0.2) is 38.8 Å². The fourth-order valence-corrected chi connectivity index (χ4v) is 4.33. The largest absolute Gasteiger partial charge is 0.493 e. The van der Waals surface area contributed by atoms with Crippen molar-refractivity contribution in [3.63, 3.8) is 0 Å². The number of nitrogens with zero attached hydrogens (tertiary/aromatic N) is 1. The highest BCUT2D eigenvalue weighted by Gasteiger charge is 2.28. The van der Waals surface area contributed by atoms with Gasteiger partial charge in [-0.2, -0.15) is 12.6 Å². The number of likely N-dealkylation sites (tertiary alicyclic amines) is 1. The zero-order chi connectivity index (χ0) is 21.2. The van der Waals surface area contributed by atoms with Gasteiger partial charge >= 0.3 is 0 Å². The second-order valence-electron chi connectivity index (χ2n) is 7.08. The lowest BCUT2D eigenvalue weighted by Crippen LogP contribution is -2.36. The van der Waals surface area contributed by atoms with E-state index in [4.69, 9.17) is 22.1 Å². The summed E-state index contributed by atoms with van der Waals surface area (Å²) in [7, 11) is 3.34. The predicted molar refractivity (Wildman–Crippen MR) is 122 cm³/mol. The number of hydrogen-bond donors (Lipinski definition) is 1. The molecule has 0 N–H and O–H groups in total. The molecule has 3 rings (SSSR count). The quantitative estimate of drug-likeness (QED) is 0.574. The zero-order valence-corrected chi connectivity index (χ0v) is 18.9. The Morgan fingerprint density at radius 3 is 2.28 bits per heavy atom. The van der Waals surface area contributed by atoms with E-state index in [0.29, 0.717) is 5.92 Å². The molecule has 1 aliphatic rings. The van der Waals surface area contributed by atoms with Crippen LogP contribution in [0.5, 0.6) is 11.5 Å². The van der Waals surface area contributed by atoms with E-state index >= 15 is 0 Å². The van der Waals surface area contributed by atoms with Crippen molar-refractivity contribution in [1.29, 1.82) is 0 Å². The maximum absolute atomic E-state index is 13.0. The molecule has 0 amide bonds. The fraction of sp³-hybridized carbons (Fsp3) is 0.500. The number of hydrogen-bond acceptors (Lipinski definition) is 4. The standard InChI is InChI=1S/C22H28FNO2S.C2H6/c1-25-20-5-3-4-19(21(20)26-2)22(27)17-11-14-24(15-12-17)13-10-16-6-8-18(23)9-7-16;1-2/h3-9,17,22,27H,10-15H2,1-2H3;1-2H3. The van der Waals surface area contributed by atoms with E-state index in [1.165, 1.54) is 17.7 Å². The SMILES string of the molecule is CC.COc1cccc(C(S)C2CCN(CCc3ccc(F)cc3)CC2)c1OC. The van der Waals surface area contributed by atoms with Crippen LogP contribution >= 0.6 is 12.6 Å². The monoisotopic (exact) mass is 419 g/mol. The summed E-state index contributed by atoms with van der Waals surface area (Å²) in [6, 6.07) is 12.8. The summed E-state index contributed by atoms with van der Waals surface area (Å²) in [5.74, 6) is 1.88. The average Bonchev–Trinajstić information content (AvgIpc) is 2.79. The summed E-state index contributed by atoms with van der Waals surface area (Å²) in [6.07, 6.45) is 3.18. The summed E-state index contributed by atoms with van der Waals surface area (Å²) < 4.78 is 24.0. The molecule has 0 saturated carbocycles.